The first-order chi connectivity index (χ1) is 14.0. The fourth-order valence-electron chi connectivity index (χ4n) is 3.39. The highest BCUT2D eigenvalue weighted by Crippen LogP contribution is 2.22. The summed E-state index contributed by atoms with van der Waals surface area (Å²) < 4.78 is 12.8. The number of para-hydroxylation sites is 2. The number of fused-ring (bicyclic) bond motifs is 2. The van der Waals surface area contributed by atoms with Crippen LogP contribution in [0.2, 0.25) is 0 Å². The molecule has 1 amide bonds. The van der Waals surface area contributed by atoms with Crippen LogP contribution >= 0.6 is 0 Å². The lowest BCUT2D eigenvalue weighted by Crippen LogP contribution is -2.29. The Morgan fingerprint density at radius 3 is 2.86 bits per heavy atom. The second-order valence-electron chi connectivity index (χ2n) is 6.73. The number of hydrogen-bond donors (Lipinski definition) is 1. The molecule has 4 rings (SSSR count). The number of nitrogens with one attached hydrogen (secondary N) is 1. The van der Waals surface area contributed by atoms with E-state index in [0.29, 0.717) is 17.9 Å². The van der Waals surface area contributed by atoms with Gasteiger partial charge >= 0.3 is 5.63 Å². The molecular formula is C22H21N3O4. The molecule has 0 unspecified atom stereocenters. The number of nitrogens with zero attached hydrogens (tertiary/aromatic N) is 2. The first-order valence-corrected chi connectivity index (χ1v) is 9.43. The van der Waals surface area contributed by atoms with Crippen LogP contribution < -0.4 is 15.7 Å². The number of rotatable bonds is 6. The molecule has 7 nitrogen and oxygen atoms in total. The molecule has 29 heavy (non-hydrogen) atoms. The molecule has 0 spiro atoms. The second kappa shape index (κ2) is 7.79. The minimum absolute atomic E-state index is 0.145. The van der Waals surface area contributed by atoms with E-state index < -0.39 is 5.63 Å². The Bertz CT molecular complexity index is 1260. The van der Waals surface area contributed by atoms with Gasteiger partial charge in [0.25, 0.3) is 5.91 Å². The number of benzene rings is 2. The van der Waals surface area contributed by atoms with E-state index in [4.69, 9.17) is 9.15 Å². The number of carbonyl (C=O) groups excluding carboxylic acids is 1. The summed E-state index contributed by atoms with van der Waals surface area (Å²) in [6.45, 7) is 4.83. The monoisotopic (exact) mass is 391 g/mol. The van der Waals surface area contributed by atoms with Crippen LogP contribution in [-0.2, 0) is 17.9 Å². The maximum atomic E-state index is 12.2. The Hall–Kier alpha value is -3.61. The summed E-state index contributed by atoms with van der Waals surface area (Å²) in [5.74, 6) is 0.998. The number of carbonyl (C=O) groups is 1. The maximum Gasteiger partial charge on any atom is 0.336 e. The van der Waals surface area contributed by atoms with E-state index in [-0.39, 0.29) is 12.5 Å². The standard InChI is InChI=1S/C22H21N3O4/c1-3-25-18-7-5-4-6-17(18)24-20(25)12-23-21(26)13-28-15-8-9-16-14(2)10-22(27)29-19(16)11-15/h4-11H,3,12-13H2,1-2H3,(H,23,26). The molecule has 0 bridgehead atoms. The second-order valence-corrected chi connectivity index (χ2v) is 6.73. The van der Waals surface area contributed by atoms with Crippen molar-refractivity contribution in [2.45, 2.75) is 26.9 Å². The van der Waals surface area contributed by atoms with Crippen molar-refractivity contribution in [3.8, 4) is 5.75 Å². The lowest BCUT2D eigenvalue weighted by Gasteiger charge is -2.09. The van der Waals surface area contributed by atoms with Gasteiger partial charge in [0, 0.05) is 24.1 Å². The molecule has 2 heterocycles. The molecule has 2 aromatic carbocycles. The van der Waals surface area contributed by atoms with Gasteiger partial charge < -0.3 is 19.0 Å². The zero-order valence-corrected chi connectivity index (χ0v) is 16.3. The van der Waals surface area contributed by atoms with E-state index in [1.165, 1.54) is 6.07 Å². The van der Waals surface area contributed by atoms with Crippen LogP contribution in [0.4, 0.5) is 0 Å². The summed E-state index contributed by atoms with van der Waals surface area (Å²) in [7, 11) is 0. The molecule has 0 saturated carbocycles. The van der Waals surface area contributed by atoms with Crippen molar-refractivity contribution in [1.82, 2.24) is 14.9 Å². The van der Waals surface area contributed by atoms with Gasteiger partial charge in [-0.2, -0.15) is 0 Å². The molecule has 1 N–H and O–H groups in total. The quantitative estimate of drug-likeness (QED) is 0.510. The third kappa shape index (κ3) is 3.85. The van der Waals surface area contributed by atoms with Gasteiger partial charge in [-0.1, -0.05) is 12.1 Å². The van der Waals surface area contributed by atoms with Gasteiger partial charge in [0.05, 0.1) is 17.6 Å². The molecule has 2 aromatic heterocycles. The van der Waals surface area contributed by atoms with Crippen molar-refractivity contribution in [3.05, 3.63) is 70.3 Å². The molecule has 4 aromatic rings. The van der Waals surface area contributed by atoms with Crippen LogP contribution in [0.3, 0.4) is 0 Å². The highest BCUT2D eigenvalue weighted by molar-refractivity contribution is 5.82. The smallest absolute Gasteiger partial charge is 0.336 e. The first kappa shape index (κ1) is 18.7. The van der Waals surface area contributed by atoms with Gasteiger partial charge in [-0.25, -0.2) is 9.78 Å². The van der Waals surface area contributed by atoms with E-state index in [2.05, 4.69) is 14.9 Å². The molecule has 0 aliphatic heterocycles. The molecule has 148 valence electrons. The van der Waals surface area contributed by atoms with Crippen LogP contribution in [0.25, 0.3) is 22.0 Å². The predicted molar refractivity (Wildman–Crippen MR) is 110 cm³/mol. The van der Waals surface area contributed by atoms with E-state index in [0.717, 1.165) is 34.4 Å². The Balaban J connectivity index is 1.41. The number of ether oxygens (including phenoxy) is 1. The number of imidazole rings is 1. The Morgan fingerprint density at radius 2 is 2.03 bits per heavy atom. The molecule has 0 atom stereocenters. The molecule has 0 saturated heterocycles. The summed E-state index contributed by atoms with van der Waals surface area (Å²) in [4.78, 5) is 28.4. The van der Waals surface area contributed by atoms with Crippen molar-refractivity contribution in [2.75, 3.05) is 6.61 Å². The van der Waals surface area contributed by atoms with Crippen molar-refractivity contribution in [3.63, 3.8) is 0 Å². The lowest BCUT2D eigenvalue weighted by atomic mass is 10.1. The first-order valence-electron chi connectivity index (χ1n) is 9.43. The van der Waals surface area contributed by atoms with E-state index >= 15 is 0 Å². The fraction of sp³-hybridized carbons (Fsp3) is 0.227. The largest absolute Gasteiger partial charge is 0.484 e. The average Bonchev–Trinajstić information content (AvgIpc) is 3.07. The SMILES string of the molecule is CCn1c(CNC(=O)COc2ccc3c(C)cc(=O)oc3c2)nc2ccccc21. The lowest BCUT2D eigenvalue weighted by molar-refractivity contribution is -0.123. The predicted octanol–water partition coefficient (Wildman–Crippen LogP) is 3.17. The molecule has 0 aliphatic carbocycles. The summed E-state index contributed by atoms with van der Waals surface area (Å²) in [6, 6.07) is 14.5. The van der Waals surface area contributed by atoms with Gasteiger partial charge in [0.1, 0.15) is 17.2 Å². The zero-order valence-electron chi connectivity index (χ0n) is 16.3. The molecular weight excluding hydrogens is 370 g/mol. The van der Waals surface area contributed by atoms with Gasteiger partial charge in [0.15, 0.2) is 6.61 Å². The maximum absolute atomic E-state index is 12.2. The van der Waals surface area contributed by atoms with Crippen molar-refractivity contribution in [1.29, 1.82) is 0 Å². The van der Waals surface area contributed by atoms with E-state index in [1.54, 1.807) is 12.1 Å². The summed E-state index contributed by atoms with van der Waals surface area (Å²) >= 11 is 0. The Labute approximate surface area is 166 Å². The molecule has 0 fully saturated rings. The average molecular weight is 391 g/mol. The van der Waals surface area contributed by atoms with Crippen LogP contribution in [0.15, 0.2) is 57.7 Å². The fourth-order valence-corrected chi connectivity index (χ4v) is 3.39. The Kier molecular flexibility index (Phi) is 5.03. The van der Waals surface area contributed by atoms with Crippen molar-refractivity contribution in [2.24, 2.45) is 0 Å². The summed E-state index contributed by atoms with van der Waals surface area (Å²) in [5.41, 5.74) is 2.80. The van der Waals surface area contributed by atoms with Gasteiger partial charge in [-0.05, 0) is 43.7 Å². The van der Waals surface area contributed by atoms with Crippen LogP contribution in [0.1, 0.15) is 18.3 Å². The van der Waals surface area contributed by atoms with Gasteiger partial charge in [-0.15, -0.1) is 0 Å². The third-order valence-electron chi connectivity index (χ3n) is 4.79. The van der Waals surface area contributed by atoms with E-state index in [1.807, 2.05) is 44.2 Å². The van der Waals surface area contributed by atoms with Crippen LogP contribution in [0.5, 0.6) is 5.75 Å². The number of aryl methyl sites for hydroxylation is 2. The number of amides is 1. The van der Waals surface area contributed by atoms with Crippen LogP contribution in [-0.4, -0.2) is 22.1 Å². The van der Waals surface area contributed by atoms with Crippen LogP contribution in [0, 0.1) is 6.92 Å². The minimum atomic E-state index is -0.413. The normalized spacial score (nSPS) is 11.1. The van der Waals surface area contributed by atoms with Crippen molar-refractivity contribution < 1.29 is 13.9 Å². The topological polar surface area (TPSA) is 86.4 Å². The molecule has 0 aliphatic rings. The minimum Gasteiger partial charge on any atom is -0.484 e. The molecule has 0 radical (unpaired) electrons. The zero-order chi connectivity index (χ0) is 20.4. The number of hydrogen-bond acceptors (Lipinski definition) is 5. The highest BCUT2D eigenvalue weighted by atomic mass is 16.5. The molecule has 7 heteroatoms. The van der Waals surface area contributed by atoms with Gasteiger partial charge in [-0.3, -0.25) is 4.79 Å². The Morgan fingerprint density at radius 1 is 1.21 bits per heavy atom. The highest BCUT2D eigenvalue weighted by Gasteiger charge is 2.11. The van der Waals surface area contributed by atoms with Gasteiger partial charge in [0.2, 0.25) is 0 Å². The number of aromatic nitrogens is 2. The van der Waals surface area contributed by atoms with Crippen molar-refractivity contribution >= 4 is 27.9 Å². The third-order valence-corrected chi connectivity index (χ3v) is 4.79. The summed E-state index contributed by atoms with van der Waals surface area (Å²) in [6.07, 6.45) is 0. The summed E-state index contributed by atoms with van der Waals surface area (Å²) in [5, 5.41) is 3.67. The van der Waals surface area contributed by atoms with E-state index in [9.17, 15) is 9.59 Å².